The summed E-state index contributed by atoms with van der Waals surface area (Å²) in [5, 5.41) is 15.1. The number of ether oxygens (including phenoxy) is 1. The molecule has 1 unspecified atom stereocenters. The Morgan fingerprint density at radius 1 is 1.29 bits per heavy atom. The van der Waals surface area contributed by atoms with Crippen molar-refractivity contribution in [3.8, 4) is 5.75 Å². The van der Waals surface area contributed by atoms with Crippen molar-refractivity contribution in [1.82, 2.24) is 9.78 Å². The molecule has 0 radical (unpaired) electrons. The fourth-order valence-electron chi connectivity index (χ4n) is 2.55. The van der Waals surface area contributed by atoms with Gasteiger partial charge in [0.2, 0.25) is 0 Å². The number of aryl methyl sites for hydroxylation is 3. The predicted molar refractivity (Wildman–Crippen MR) is 83.7 cm³/mol. The second-order valence-electron chi connectivity index (χ2n) is 5.26. The molecule has 0 saturated heterocycles. The lowest BCUT2D eigenvalue weighted by atomic mass is 10.0. The lowest BCUT2D eigenvalue weighted by molar-refractivity contribution is 0.171. The number of aromatic nitrogens is 2. The van der Waals surface area contributed by atoms with E-state index in [2.05, 4.69) is 25.0 Å². The van der Waals surface area contributed by atoms with Crippen LogP contribution in [0.25, 0.3) is 0 Å². The van der Waals surface area contributed by atoms with E-state index in [1.165, 1.54) is 0 Å². The van der Waals surface area contributed by atoms with E-state index >= 15 is 0 Å². The van der Waals surface area contributed by atoms with E-state index in [0.29, 0.717) is 6.42 Å². The molecule has 1 N–H and O–H groups in total. The van der Waals surface area contributed by atoms with Crippen LogP contribution in [0.5, 0.6) is 5.75 Å². The van der Waals surface area contributed by atoms with Crippen LogP contribution < -0.4 is 4.74 Å². The highest BCUT2D eigenvalue weighted by atomic mass is 16.5. The summed E-state index contributed by atoms with van der Waals surface area (Å²) >= 11 is 0. The quantitative estimate of drug-likeness (QED) is 0.888. The average Bonchev–Trinajstić information content (AvgIpc) is 2.89. The highest BCUT2D eigenvalue weighted by Gasteiger charge is 2.17. The first-order valence-electron chi connectivity index (χ1n) is 7.47. The summed E-state index contributed by atoms with van der Waals surface area (Å²) < 4.78 is 7.32. The van der Waals surface area contributed by atoms with Crippen molar-refractivity contribution in [1.29, 1.82) is 0 Å². The highest BCUT2D eigenvalue weighted by Crippen LogP contribution is 2.28. The number of benzene rings is 1. The van der Waals surface area contributed by atoms with E-state index in [0.717, 1.165) is 41.2 Å². The molecule has 2 rings (SSSR count). The van der Waals surface area contributed by atoms with Crippen molar-refractivity contribution in [2.24, 2.45) is 0 Å². The lowest BCUT2D eigenvalue weighted by Crippen LogP contribution is -2.09. The summed E-state index contributed by atoms with van der Waals surface area (Å²) in [6, 6.07) is 7.95. The molecule has 114 valence electrons. The van der Waals surface area contributed by atoms with Crippen LogP contribution >= 0.6 is 0 Å². The minimum absolute atomic E-state index is 0.542. The summed E-state index contributed by atoms with van der Waals surface area (Å²) in [6.45, 7) is 6.98. The SMILES string of the molecule is CCc1cc(CC(O)c2cc(C)ccc2OC)n(CC)n1. The molecule has 21 heavy (non-hydrogen) atoms. The molecule has 0 aliphatic carbocycles. The summed E-state index contributed by atoms with van der Waals surface area (Å²) in [5.41, 5.74) is 4.07. The van der Waals surface area contributed by atoms with Crippen LogP contribution in [-0.2, 0) is 19.4 Å². The largest absolute Gasteiger partial charge is 0.496 e. The zero-order valence-corrected chi connectivity index (χ0v) is 13.3. The number of aliphatic hydroxyl groups excluding tert-OH is 1. The molecule has 0 amide bonds. The maximum Gasteiger partial charge on any atom is 0.124 e. The first-order valence-corrected chi connectivity index (χ1v) is 7.47. The normalized spacial score (nSPS) is 12.4. The molecular weight excluding hydrogens is 264 g/mol. The minimum atomic E-state index is -0.591. The van der Waals surface area contributed by atoms with Crippen LogP contribution in [0.2, 0.25) is 0 Å². The standard InChI is InChI=1S/C17H24N2O2/c1-5-13-10-14(19(6-2)18-13)11-16(20)15-9-12(3)7-8-17(15)21-4/h7-10,16,20H,5-6,11H2,1-4H3. The van der Waals surface area contributed by atoms with Crippen LogP contribution in [0.4, 0.5) is 0 Å². The maximum atomic E-state index is 10.6. The summed E-state index contributed by atoms with van der Waals surface area (Å²) in [6.07, 6.45) is 0.858. The highest BCUT2D eigenvalue weighted by molar-refractivity contribution is 5.39. The monoisotopic (exact) mass is 288 g/mol. The molecule has 0 aliphatic heterocycles. The molecule has 1 aromatic heterocycles. The fourth-order valence-corrected chi connectivity index (χ4v) is 2.55. The third-order valence-electron chi connectivity index (χ3n) is 3.72. The van der Waals surface area contributed by atoms with Gasteiger partial charge in [-0.2, -0.15) is 5.10 Å². The van der Waals surface area contributed by atoms with Crippen molar-refractivity contribution in [3.05, 3.63) is 46.8 Å². The van der Waals surface area contributed by atoms with Gasteiger partial charge in [-0.1, -0.05) is 18.6 Å². The third-order valence-corrected chi connectivity index (χ3v) is 3.72. The van der Waals surface area contributed by atoms with Gasteiger partial charge in [-0.05, 0) is 38.5 Å². The van der Waals surface area contributed by atoms with E-state index in [-0.39, 0.29) is 0 Å². The van der Waals surface area contributed by atoms with Gasteiger partial charge in [0.1, 0.15) is 5.75 Å². The van der Waals surface area contributed by atoms with E-state index in [4.69, 9.17) is 4.74 Å². The summed E-state index contributed by atoms with van der Waals surface area (Å²) in [7, 11) is 1.63. The number of methoxy groups -OCH3 is 1. The van der Waals surface area contributed by atoms with E-state index in [1.54, 1.807) is 7.11 Å². The van der Waals surface area contributed by atoms with Gasteiger partial charge in [0.05, 0.1) is 18.9 Å². The zero-order chi connectivity index (χ0) is 15.4. The summed E-state index contributed by atoms with van der Waals surface area (Å²) in [4.78, 5) is 0. The lowest BCUT2D eigenvalue weighted by Gasteiger charge is -2.16. The first-order chi connectivity index (χ1) is 10.1. The van der Waals surface area contributed by atoms with Gasteiger partial charge < -0.3 is 9.84 Å². The molecule has 1 aromatic carbocycles. The van der Waals surface area contributed by atoms with Gasteiger partial charge in [0.25, 0.3) is 0 Å². The second kappa shape index (κ2) is 6.76. The van der Waals surface area contributed by atoms with Gasteiger partial charge >= 0.3 is 0 Å². The number of nitrogens with zero attached hydrogens (tertiary/aromatic N) is 2. The fraction of sp³-hybridized carbons (Fsp3) is 0.471. The van der Waals surface area contributed by atoms with Crippen molar-refractivity contribution >= 4 is 0 Å². The van der Waals surface area contributed by atoms with Gasteiger partial charge in [-0.25, -0.2) is 0 Å². The molecular formula is C17H24N2O2. The van der Waals surface area contributed by atoms with Crippen LogP contribution in [0.1, 0.15) is 42.5 Å². The zero-order valence-electron chi connectivity index (χ0n) is 13.3. The molecule has 1 heterocycles. The number of rotatable bonds is 6. The molecule has 0 fully saturated rings. The Bertz CT molecular complexity index is 605. The average molecular weight is 288 g/mol. The molecule has 0 bridgehead atoms. The van der Waals surface area contributed by atoms with E-state index in [9.17, 15) is 5.11 Å². The molecule has 4 nitrogen and oxygen atoms in total. The Hall–Kier alpha value is -1.81. The van der Waals surface area contributed by atoms with Gasteiger partial charge in [0.15, 0.2) is 0 Å². The number of hydrogen-bond donors (Lipinski definition) is 1. The topological polar surface area (TPSA) is 47.3 Å². The maximum absolute atomic E-state index is 10.6. The summed E-state index contributed by atoms with van der Waals surface area (Å²) in [5.74, 6) is 0.728. The molecule has 0 aliphatic rings. The van der Waals surface area contributed by atoms with Gasteiger partial charge in [-0.15, -0.1) is 0 Å². The van der Waals surface area contributed by atoms with Crippen LogP contribution in [-0.4, -0.2) is 22.0 Å². The molecule has 0 saturated carbocycles. The Morgan fingerprint density at radius 2 is 2.05 bits per heavy atom. The molecule has 2 aromatic rings. The van der Waals surface area contributed by atoms with Crippen molar-refractivity contribution in [2.45, 2.75) is 46.3 Å². The Labute approximate surface area is 126 Å². The molecule has 4 heteroatoms. The first kappa shape index (κ1) is 15.6. The number of aliphatic hydroxyl groups is 1. The minimum Gasteiger partial charge on any atom is -0.496 e. The predicted octanol–water partition coefficient (Wildman–Crippen LogP) is 3.06. The van der Waals surface area contributed by atoms with Crippen LogP contribution in [0.3, 0.4) is 0 Å². The Morgan fingerprint density at radius 3 is 2.67 bits per heavy atom. The number of hydrogen-bond acceptors (Lipinski definition) is 3. The van der Waals surface area contributed by atoms with Crippen molar-refractivity contribution in [2.75, 3.05) is 7.11 Å². The van der Waals surface area contributed by atoms with Crippen LogP contribution in [0, 0.1) is 6.92 Å². The van der Waals surface area contributed by atoms with Gasteiger partial charge in [-0.3, -0.25) is 4.68 Å². The van der Waals surface area contributed by atoms with E-state index < -0.39 is 6.10 Å². The van der Waals surface area contributed by atoms with Gasteiger partial charge in [0, 0.05) is 24.2 Å². The third kappa shape index (κ3) is 3.45. The van der Waals surface area contributed by atoms with Crippen LogP contribution in [0.15, 0.2) is 24.3 Å². The smallest absolute Gasteiger partial charge is 0.124 e. The van der Waals surface area contributed by atoms with Crippen molar-refractivity contribution in [3.63, 3.8) is 0 Å². The molecule has 0 spiro atoms. The van der Waals surface area contributed by atoms with E-state index in [1.807, 2.05) is 29.8 Å². The Balaban J connectivity index is 2.27. The molecule has 1 atom stereocenters. The second-order valence-corrected chi connectivity index (χ2v) is 5.26. The van der Waals surface area contributed by atoms with Crippen molar-refractivity contribution < 1.29 is 9.84 Å². The Kier molecular flexibility index (Phi) is 5.02.